The molecule has 1 aliphatic rings. The molecule has 0 amide bonds. The Balaban J connectivity index is 1.79. The lowest BCUT2D eigenvalue weighted by molar-refractivity contribution is 0.155. The van der Waals surface area contributed by atoms with Crippen molar-refractivity contribution in [1.29, 1.82) is 0 Å². The molecular weight excluding hydrogens is 245 g/mol. The summed E-state index contributed by atoms with van der Waals surface area (Å²) in [7, 11) is 1.44. The summed E-state index contributed by atoms with van der Waals surface area (Å²) in [6.45, 7) is 0.461. The number of aliphatic hydroxyl groups is 1. The van der Waals surface area contributed by atoms with Crippen LogP contribution in [0.25, 0.3) is 0 Å². The number of methoxy groups -OCH3 is 1. The summed E-state index contributed by atoms with van der Waals surface area (Å²) in [6.07, 6.45) is 5.50. The number of hydrogen-bond donors (Lipinski definition) is 2. The summed E-state index contributed by atoms with van der Waals surface area (Å²) in [4.78, 5) is 0. The predicted molar refractivity (Wildman–Crippen MR) is 74.0 cm³/mol. The van der Waals surface area contributed by atoms with E-state index in [-0.39, 0.29) is 11.9 Å². The monoisotopic (exact) mass is 267 g/mol. The van der Waals surface area contributed by atoms with Crippen molar-refractivity contribution in [3.63, 3.8) is 0 Å². The SMILES string of the molecule is COc1ccc(NCC(O)CC2CCCC2)cc1F. The summed E-state index contributed by atoms with van der Waals surface area (Å²) in [6, 6.07) is 4.73. The van der Waals surface area contributed by atoms with Gasteiger partial charge >= 0.3 is 0 Å². The van der Waals surface area contributed by atoms with Crippen molar-refractivity contribution >= 4 is 5.69 Å². The molecule has 1 unspecified atom stereocenters. The molecule has 1 aliphatic carbocycles. The molecule has 1 fully saturated rings. The van der Waals surface area contributed by atoms with Crippen molar-refractivity contribution in [3.05, 3.63) is 24.0 Å². The molecule has 0 saturated heterocycles. The maximum Gasteiger partial charge on any atom is 0.167 e. The van der Waals surface area contributed by atoms with Crippen molar-refractivity contribution in [2.45, 2.75) is 38.2 Å². The third-order valence-corrected chi connectivity index (χ3v) is 3.77. The number of aliphatic hydroxyl groups excluding tert-OH is 1. The summed E-state index contributed by atoms with van der Waals surface area (Å²) in [5.41, 5.74) is 0.670. The highest BCUT2D eigenvalue weighted by atomic mass is 19.1. The van der Waals surface area contributed by atoms with Crippen LogP contribution in [0, 0.1) is 11.7 Å². The zero-order chi connectivity index (χ0) is 13.7. The predicted octanol–water partition coefficient (Wildman–Crippen LogP) is 3.19. The molecule has 0 radical (unpaired) electrons. The molecule has 0 bridgehead atoms. The van der Waals surface area contributed by atoms with Gasteiger partial charge in [0.15, 0.2) is 11.6 Å². The lowest BCUT2D eigenvalue weighted by atomic mass is 10.00. The van der Waals surface area contributed by atoms with E-state index in [2.05, 4.69) is 5.32 Å². The van der Waals surface area contributed by atoms with Gasteiger partial charge in [0.05, 0.1) is 13.2 Å². The Labute approximate surface area is 113 Å². The van der Waals surface area contributed by atoms with E-state index in [1.54, 1.807) is 12.1 Å². The summed E-state index contributed by atoms with van der Waals surface area (Å²) < 4.78 is 18.3. The van der Waals surface area contributed by atoms with Gasteiger partial charge in [-0.05, 0) is 24.5 Å². The van der Waals surface area contributed by atoms with E-state index in [0.29, 0.717) is 18.2 Å². The van der Waals surface area contributed by atoms with Crippen LogP contribution in [-0.4, -0.2) is 24.9 Å². The van der Waals surface area contributed by atoms with Gasteiger partial charge in [0.2, 0.25) is 0 Å². The first-order valence-corrected chi connectivity index (χ1v) is 6.94. The fraction of sp³-hybridized carbons (Fsp3) is 0.600. The highest BCUT2D eigenvalue weighted by Crippen LogP contribution is 2.28. The summed E-state index contributed by atoms with van der Waals surface area (Å²) in [5, 5.41) is 13.0. The normalized spacial score (nSPS) is 17.4. The van der Waals surface area contributed by atoms with Crippen LogP contribution in [0.2, 0.25) is 0 Å². The smallest absolute Gasteiger partial charge is 0.167 e. The van der Waals surface area contributed by atoms with Crippen LogP contribution in [0.5, 0.6) is 5.75 Å². The molecule has 1 saturated carbocycles. The minimum Gasteiger partial charge on any atom is -0.494 e. The zero-order valence-electron chi connectivity index (χ0n) is 11.4. The van der Waals surface area contributed by atoms with E-state index in [4.69, 9.17) is 4.74 Å². The van der Waals surface area contributed by atoms with Gasteiger partial charge in [-0.2, -0.15) is 0 Å². The average Bonchev–Trinajstić information content (AvgIpc) is 2.89. The molecule has 0 spiro atoms. The van der Waals surface area contributed by atoms with E-state index >= 15 is 0 Å². The Morgan fingerprint density at radius 3 is 2.79 bits per heavy atom. The molecule has 0 heterocycles. The van der Waals surface area contributed by atoms with Crippen LogP contribution in [0.15, 0.2) is 18.2 Å². The van der Waals surface area contributed by atoms with Crippen molar-refractivity contribution < 1.29 is 14.2 Å². The Kier molecular flexibility index (Phi) is 5.02. The van der Waals surface area contributed by atoms with E-state index < -0.39 is 5.82 Å². The zero-order valence-corrected chi connectivity index (χ0v) is 11.4. The third-order valence-electron chi connectivity index (χ3n) is 3.77. The number of hydrogen-bond acceptors (Lipinski definition) is 3. The number of ether oxygens (including phenoxy) is 1. The number of anilines is 1. The molecule has 4 heteroatoms. The lowest BCUT2D eigenvalue weighted by Crippen LogP contribution is -2.22. The number of nitrogens with one attached hydrogen (secondary N) is 1. The Morgan fingerprint density at radius 1 is 1.42 bits per heavy atom. The first-order valence-electron chi connectivity index (χ1n) is 6.94. The first kappa shape index (κ1) is 14.1. The van der Waals surface area contributed by atoms with Crippen molar-refractivity contribution in [1.82, 2.24) is 0 Å². The quantitative estimate of drug-likeness (QED) is 0.831. The minimum atomic E-state index is -0.391. The second kappa shape index (κ2) is 6.75. The topological polar surface area (TPSA) is 41.5 Å². The van der Waals surface area contributed by atoms with Gasteiger partial charge in [0, 0.05) is 18.3 Å². The average molecular weight is 267 g/mol. The Morgan fingerprint density at radius 2 is 2.16 bits per heavy atom. The second-order valence-electron chi connectivity index (χ2n) is 5.27. The lowest BCUT2D eigenvalue weighted by Gasteiger charge is -2.16. The van der Waals surface area contributed by atoms with Crippen LogP contribution in [-0.2, 0) is 0 Å². The molecule has 106 valence electrons. The highest BCUT2D eigenvalue weighted by molar-refractivity contribution is 5.47. The van der Waals surface area contributed by atoms with E-state index in [1.807, 2.05) is 0 Å². The second-order valence-corrected chi connectivity index (χ2v) is 5.27. The van der Waals surface area contributed by atoms with E-state index in [1.165, 1.54) is 38.9 Å². The van der Waals surface area contributed by atoms with Crippen LogP contribution in [0.1, 0.15) is 32.1 Å². The van der Waals surface area contributed by atoms with E-state index in [0.717, 1.165) is 6.42 Å². The van der Waals surface area contributed by atoms with Gasteiger partial charge in [0.1, 0.15) is 0 Å². The largest absolute Gasteiger partial charge is 0.494 e. The fourth-order valence-corrected chi connectivity index (χ4v) is 2.73. The Bertz CT molecular complexity index is 405. The molecule has 0 aromatic heterocycles. The highest BCUT2D eigenvalue weighted by Gasteiger charge is 2.18. The van der Waals surface area contributed by atoms with Crippen molar-refractivity contribution in [3.8, 4) is 5.75 Å². The van der Waals surface area contributed by atoms with Crippen molar-refractivity contribution in [2.24, 2.45) is 5.92 Å². The van der Waals surface area contributed by atoms with Gasteiger partial charge in [-0.15, -0.1) is 0 Å². The van der Waals surface area contributed by atoms with Gasteiger partial charge in [-0.3, -0.25) is 0 Å². The summed E-state index contributed by atoms with van der Waals surface area (Å²) >= 11 is 0. The number of halogens is 1. The molecule has 0 aliphatic heterocycles. The molecule has 2 N–H and O–H groups in total. The van der Waals surface area contributed by atoms with Crippen LogP contribution in [0.3, 0.4) is 0 Å². The third kappa shape index (κ3) is 4.10. The number of benzene rings is 1. The molecule has 1 atom stereocenters. The van der Waals surface area contributed by atoms with Gasteiger partial charge in [-0.1, -0.05) is 25.7 Å². The van der Waals surface area contributed by atoms with Crippen molar-refractivity contribution in [2.75, 3.05) is 19.0 Å². The molecule has 2 rings (SSSR count). The maximum absolute atomic E-state index is 13.5. The standard InChI is InChI=1S/C15H22FNO2/c1-19-15-7-6-12(9-14(15)16)17-10-13(18)8-11-4-2-3-5-11/h6-7,9,11,13,17-18H,2-5,8,10H2,1H3. The first-order chi connectivity index (χ1) is 9.19. The van der Waals surface area contributed by atoms with Crippen LogP contribution < -0.4 is 10.1 Å². The number of rotatable bonds is 6. The molecule has 1 aromatic rings. The molecule has 19 heavy (non-hydrogen) atoms. The fourth-order valence-electron chi connectivity index (χ4n) is 2.73. The van der Waals surface area contributed by atoms with Gasteiger partial charge < -0.3 is 15.2 Å². The molecular formula is C15H22FNO2. The molecule has 1 aromatic carbocycles. The van der Waals surface area contributed by atoms with Crippen LogP contribution >= 0.6 is 0 Å². The minimum absolute atomic E-state index is 0.233. The molecule has 3 nitrogen and oxygen atoms in total. The van der Waals surface area contributed by atoms with Gasteiger partial charge in [0.25, 0.3) is 0 Å². The van der Waals surface area contributed by atoms with Crippen LogP contribution in [0.4, 0.5) is 10.1 Å². The Hall–Kier alpha value is -1.29. The maximum atomic E-state index is 13.5. The summed E-state index contributed by atoms with van der Waals surface area (Å²) in [5.74, 6) is 0.499. The van der Waals surface area contributed by atoms with Gasteiger partial charge in [-0.25, -0.2) is 4.39 Å². The van der Waals surface area contributed by atoms with E-state index in [9.17, 15) is 9.50 Å².